The van der Waals surface area contributed by atoms with Gasteiger partial charge in [0.15, 0.2) is 0 Å². The van der Waals surface area contributed by atoms with Crippen molar-refractivity contribution in [1.82, 2.24) is 15.4 Å². The Labute approximate surface area is 161 Å². The molecule has 0 spiro atoms. The second-order valence-corrected chi connectivity index (χ2v) is 9.46. The van der Waals surface area contributed by atoms with E-state index in [9.17, 15) is 13.2 Å². The highest BCUT2D eigenvalue weighted by molar-refractivity contribution is 7.89. The first-order chi connectivity index (χ1) is 12.9. The van der Waals surface area contributed by atoms with E-state index in [-0.39, 0.29) is 16.2 Å². The maximum Gasteiger partial charge on any atom is 0.251 e. The molecule has 0 unspecified atom stereocenters. The van der Waals surface area contributed by atoms with Gasteiger partial charge >= 0.3 is 0 Å². The smallest absolute Gasteiger partial charge is 0.251 e. The van der Waals surface area contributed by atoms with Gasteiger partial charge in [-0.3, -0.25) is 4.79 Å². The average molecular weight is 396 g/mol. The maximum absolute atomic E-state index is 12.6. The van der Waals surface area contributed by atoms with E-state index < -0.39 is 10.0 Å². The van der Waals surface area contributed by atoms with E-state index in [0.717, 1.165) is 38.8 Å². The van der Waals surface area contributed by atoms with Crippen molar-refractivity contribution in [1.29, 1.82) is 0 Å². The molecule has 0 atom stereocenters. The van der Waals surface area contributed by atoms with Crippen LogP contribution in [0, 0.1) is 11.3 Å². The molecule has 150 valence electrons. The van der Waals surface area contributed by atoms with Gasteiger partial charge in [0.25, 0.3) is 5.91 Å². The fourth-order valence-corrected chi connectivity index (χ4v) is 4.60. The van der Waals surface area contributed by atoms with Crippen molar-refractivity contribution < 1.29 is 17.9 Å². The first-order valence-electron chi connectivity index (χ1n) is 9.52. The molecule has 3 N–H and O–H groups in total. The van der Waals surface area contributed by atoms with Crippen molar-refractivity contribution in [2.75, 3.05) is 39.9 Å². The maximum atomic E-state index is 12.6. The summed E-state index contributed by atoms with van der Waals surface area (Å²) in [5.41, 5.74) is 0.274. The second-order valence-electron chi connectivity index (χ2n) is 7.69. The third-order valence-electron chi connectivity index (χ3n) is 5.40. The van der Waals surface area contributed by atoms with E-state index in [1.54, 1.807) is 19.2 Å². The van der Waals surface area contributed by atoms with Gasteiger partial charge in [-0.2, -0.15) is 0 Å². The molecular formula is C19H29N3O4S. The van der Waals surface area contributed by atoms with E-state index in [1.807, 2.05) is 0 Å². The number of benzene rings is 1. The van der Waals surface area contributed by atoms with Crippen molar-refractivity contribution in [3.63, 3.8) is 0 Å². The van der Waals surface area contributed by atoms with Gasteiger partial charge in [-0.05, 0) is 62.9 Å². The number of ether oxygens (including phenoxy) is 1. The molecule has 1 aromatic carbocycles. The van der Waals surface area contributed by atoms with Crippen LogP contribution in [0.4, 0.5) is 0 Å². The normalized spacial score (nSPS) is 19.6. The summed E-state index contributed by atoms with van der Waals surface area (Å²) in [6.07, 6.45) is 4.01. The van der Waals surface area contributed by atoms with Gasteiger partial charge in [-0.1, -0.05) is 6.07 Å². The number of hydrogen-bond donors (Lipinski definition) is 3. The fourth-order valence-electron chi connectivity index (χ4n) is 3.44. The Morgan fingerprint density at radius 2 is 2.04 bits per heavy atom. The van der Waals surface area contributed by atoms with Crippen LogP contribution in [-0.4, -0.2) is 54.2 Å². The zero-order valence-corrected chi connectivity index (χ0v) is 16.6. The summed E-state index contributed by atoms with van der Waals surface area (Å²) >= 11 is 0. The van der Waals surface area contributed by atoms with E-state index in [2.05, 4.69) is 15.4 Å². The third-order valence-corrected chi connectivity index (χ3v) is 6.83. The minimum Gasteiger partial charge on any atom is -0.384 e. The molecule has 1 saturated heterocycles. The van der Waals surface area contributed by atoms with Gasteiger partial charge in [0.05, 0.1) is 11.5 Å². The summed E-state index contributed by atoms with van der Waals surface area (Å²) in [5, 5.41) is 6.29. The molecule has 3 rings (SSSR count). The lowest BCUT2D eigenvalue weighted by molar-refractivity contribution is 0.0511. The van der Waals surface area contributed by atoms with E-state index in [4.69, 9.17) is 4.74 Å². The van der Waals surface area contributed by atoms with Crippen LogP contribution >= 0.6 is 0 Å². The number of nitrogens with one attached hydrogen (secondary N) is 3. The van der Waals surface area contributed by atoms with Crippen molar-refractivity contribution >= 4 is 15.9 Å². The van der Waals surface area contributed by atoms with Gasteiger partial charge in [-0.15, -0.1) is 0 Å². The standard InChI is InChI=1S/C19H29N3O4S/c1-26-14-19(7-9-20-10-8-19)13-21-18(23)16-3-2-4-17(11-16)27(24,25)22-12-15-5-6-15/h2-4,11,15,20,22H,5-10,12-14H2,1H3,(H,21,23). The van der Waals surface area contributed by atoms with Crippen LogP contribution < -0.4 is 15.4 Å². The number of amides is 1. The van der Waals surface area contributed by atoms with E-state index in [0.29, 0.717) is 31.2 Å². The Hall–Kier alpha value is -1.48. The van der Waals surface area contributed by atoms with Gasteiger partial charge in [-0.25, -0.2) is 13.1 Å². The van der Waals surface area contributed by atoms with Crippen LogP contribution in [-0.2, 0) is 14.8 Å². The van der Waals surface area contributed by atoms with Gasteiger partial charge in [0.2, 0.25) is 10.0 Å². The van der Waals surface area contributed by atoms with Crippen LogP contribution in [0.1, 0.15) is 36.0 Å². The topological polar surface area (TPSA) is 96.5 Å². The first-order valence-corrected chi connectivity index (χ1v) is 11.0. The van der Waals surface area contributed by atoms with Gasteiger partial charge in [0.1, 0.15) is 0 Å². The van der Waals surface area contributed by atoms with E-state index >= 15 is 0 Å². The predicted octanol–water partition coefficient (Wildman–Crippen LogP) is 1.12. The molecule has 1 saturated carbocycles. The number of methoxy groups -OCH3 is 1. The lowest BCUT2D eigenvalue weighted by Gasteiger charge is -2.37. The number of carbonyl (C=O) groups excluding carboxylic acids is 1. The second kappa shape index (κ2) is 8.68. The Bertz CT molecular complexity index is 750. The predicted molar refractivity (Wildman–Crippen MR) is 103 cm³/mol. The number of hydrogen-bond acceptors (Lipinski definition) is 5. The van der Waals surface area contributed by atoms with E-state index in [1.165, 1.54) is 12.1 Å². The molecule has 1 aliphatic heterocycles. The fraction of sp³-hybridized carbons (Fsp3) is 0.632. The summed E-state index contributed by atoms with van der Waals surface area (Å²) in [7, 11) is -1.91. The monoisotopic (exact) mass is 395 g/mol. The molecule has 8 heteroatoms. The first kappa shape index (κ1) is 20.3. The highest BCUT2D eigenvalue weighted by atomic mass is 32.2. The lowest BCUT2D eigenvalue weighted by Crippen LogP contribution is -2.47. The molecule has 0 bridgehead atoms. The number of rotatable bonds is 9. The largest absolute Gasteiger partial charge is 0.384 e. The summed E-state index contributed by atoms with van der Waals surface area (Å²) < 4.78 is 32.8. The molecule has 1 aliphatic carbocycles. The Kier molecular flexibility index (Phi) is 6.52. The molecule has 2 fully saturated rings. The highest BCUT2D eigenvalue weighted by Gasteiger charge is 2.32. The average Bonchev–Trinajstić information content (AvgIpc) is 3.50. The molecule has 1 heterocycles. The Morgan fingerprint density at radius 3 is 2.70 bits per heavy atom. The van der Waals surface area contributed by atoms with Gasteiger partial charge < -0.3 is 15.4 Å². The van der Waals surface area contributed by atoms with Crippen molar-refractivity contribution in [3.8, 4) is 0 Å². The van der Waals surface area contributed by atoms with Crippen LogP contribution in [0.2, 0.25) is 0 Å². The number of carbonyl (C=O) groups is 1. The minimum absolute atomic E-state index is 0.0782. The van der Waals surface area contributed by atoms with Gasteiger partial charge in [0, 0.05) is 31.2 Å². The van der Waals surface area contributed by atoms with Crippen LogP contribution in [0.5, 0.6) is 0 Å². The number of piperidine rings is 1. The van der Waals surface area contributed by atoms with Crippen molar-refractivity contribution in [2.24, 2.45) is 11.3 Å². The molecule has 0 radical (unpaired) electrons. The molecule has 1 aromatic rings. The zero-order valence-electron chi connectivity index (χ0n) is 15.8. The SMILES string of the molecule is COCC1(CNC(=O)c2cccc(S(=O)(=O)NCC3CC3)c2)CCNCC1. The highest BCUT2D eigenvalue weighted by Crippen LogP contribution is 2.29. The lowest BCUT2D eigenvalue weighted by atomic mass is 9.79. The van der Waals surface area contributed by atoms with Crippen LogP contribution in [0.3, 0.4) is 0 Å². The minimum atomic E-state index is -3.59. The molecule has 0 aromatic heterocycles. The zero-order chi connectivity index (χ0) is 19.3. The Morgan fingerprint density at radius 1 is 1.30 bits per heavy atom. The van der Waals surface area contributed by atoms with Crippen molar-refractivity contribution in [2.45, 2.75) is 30.6 Å². The molecule has 27 heavy (non-hydrogen) atoms. The summed E-state index contributed by atoms with van der Waals surface area (Å²) in [4.78, 5) is 12.7. The van der Waals surface area contributed by atoms with Crippen molar-refractivity contribution in [3.05, 3.63) is 29.8 Å². The molecular weight excluding hydrogens is 366 g/mol. The summed E-state index contributed by atoms with van der Waals surface area (Å²) in [6, 6.07) is 6.21. The molecule has 7 nitrogen and oxygen atoms in total. The third kappa shape index (κ3) is 5.51. The van der Waals surface area contributed by atoms with Crippen LogP contribution in [0.25, 0.3) is 0 Å². The quantitative estimate of drug-likeness (QED) is 0.582. The summed E-state index contributed by atoms with van der Waals surface area (Å²) in [5.74, 6) is 0.191. The Balaban J connectivity index is 1.64. The number of sulfonamides is 1. The van der Waals surface area contributed by atoms with Crippen LogP contribution in [0.15, 0.2) is 29.2 Å². The summed E-state index contributed by atoms with van der Waals surface area (Å²) in [6.45, 7) is 3.37. The molecule has 1 amide bonds. The molecule has 2 aliphatic rings.